The first kappa shape index (κ1) is 20.3. The molecule has 4 rings (SSSR count). The number of benzene rings is 2. The second-order valence-corrected chi connectivity index (χ2v) is 9.32. The number of nitrogens with zero attached hydrogens (tertiary/aromatic N) is 4. The van der Waals surface area contributed by atoms with Gasteiger partial charge in [0, 0.05) is 11.2 Å². The quantitative estimate of drug-likeness (QED) is 0.488. The Morgan fingerprint density at radius 3 is 2.53 bits per heavy atom. The van der Waals surface area contributed by atoms with Crippen molar-refractivity contribution in [3.05, 3.63) is 71.4 Å². The van der Waals surface area contributed by atoms with Gasteiger partial charge < -0.3 is 5.11 Å². The normalized spacial score (nSPS) is 12.3. The average Bonchev–Trinajstić information content (AvgIpc) is 3.13. The van der Waals surface area contributed by atoms with Crippen molar-refractivity contribution in [2.45, 2.75) is 24.3 Å². The molecule has 2 heterocycles. The zero-order chi connectivity index (χ0) is 21.5. The Hall–Kier alpha value is -3.01. The number of halogens is 1. The van der Waals surface area contributed by atoms with E-state index < -0.39 is 15.6 Å². The maximum atomic E-state index is 13.0. The van der Waals surface area contributed by atoms with Crippen LogP contribution in [0, 0.1) is 0 Å². The summed E-state index contributed by atoms with van der Waals surface area (Å²) >= 11 is 6.16. The second kappa shape index (κ2) is 7.35. The van der Waals surface area contributed by atoms with Crippen LogP contribution in [-0.2, 0) is 15.6 Å². The molecule has 0 fully saturated rings. The van der Waals surface area contributed by atoms with Crippen molar-refractivity contribution in [2.24, 2.45) is 0 Å². The molecule has 0 unspecified atom stereocenters. The van der Waals surface area contributed by atoms with Crippen LogP contribution in [0.1, 0.15) is 19.4 Å². The van der Waals surface area contributed by atoms with Gasteiger partial charge in [-0.3, -0.25) is 4.72 Å². The number of aromatic nitrogens is 4. The third kappa shape index (κ3) is 3.87. The predicted molar refractivity (Wildman–Crippen MR) is 114 cm³/mol. The lowest BCUT2D eigenvalue weighted by Gasteiger charge is -2.18. The van der Waals surface area contributed by atoms with Gasteiger partial charge in [0.05, 0.1) is 21.9 Å². The number of aliphatic hydroxyl groups is 1. The summed E-state index contributed by atoms with van der Waals surface area (Å²) in [6, 6.07) is 14.3. The minimum Gasteiger partial charge on any atom is -0.386 e. The van der Waals surface area contributed by atoms with E-state index in [2.05, 4.69) is 20.0 Å². The first-order valence-electron chi connectivity index (χ1n) is 8.97. The lowest BCUT2D eigenvalue weighted by molar-refractivity contribution is 0.0785. The molecule has 0 aliphatic heterocycles. The SMILES string of the molecule is CC(C)(O)c1ccc(S(=O)(=O)Nc2ccc(Cl)cc2-n2nnc3ncccc32)cc1. The Balaban J connectivity index is 1.75. The highest BCUT2D eigenvalue weighted by Gasteiger charge is 2.21. The molecule has 0 saturated heterocycles. The Morgan fingerprint density at radius 2 is 1.83 bits per heavy atom. The summed E-state index contributed by atoms with van der Waals surface area (Å²) in [5, 5.41) is 18.6. The summed E-state index contributed by atoms with van der Waals surface area (Å²) in [6.45, 7) is 3.26. The number of rotatable bonds is 5. The van der Waals surface area contributed by atoms with E-state index in [0.29, 0.717) is 27.4 Å². The summed E-state index contributed by atoms with van der Waals surface area (Å²) in [7, 11) is -3.91. The van der Waals surface area contributed by atoms with Gasteiger partial charge in [0.25, 0.3) is 10.0 Å². The topological polar surface area (TPSA) is 110 Å². The van der Waals surface area contributed by atoms with E-state index in [1.54, 1.807) is 62.5 Å². The molecule has 0 spiro atoms. The van der Waals surface area contributed by atoms with Crippen LogP contribution in [0.5, 0.6) is 0 Å². The van der Waals surface area contributed by atoms with Gasteiger partial charge in [0.1, 0.15) is 5.52 Å². The Morgan fingerprint density at radius 1 is 1.10 bits per heavy atom. The smallest absolute Gasteiger partial charge is 0.261 e. The van der Waals surface area contributed by atoms with Gasteiger partial charge in [-0.1, -0.05) is 28.9 Å². The zero-order valence-corrected chi connectivity index (χ0v) is 17.7. The monoisotopic (exact) mass is 443 g/mol. The number of sulfonamides is 1. The van der Waals surface area contributed by atoms with E-state index in [-0.39, 0.29) is 10.6 Å². The molecule has 0 amide bonds. The number of pyridine rings is 1. The van der Waals surface area contributed by atoms with E-state index in [0.717, 1.165) is 0 Å². The van der Waals surface area contributed by atoms with Gasteiger partial charge in [0.15, 0.2) is 0 Å². The van der Waals surface area contributed by atoms with Crippen molar-refractivity contribution in [1.29, 1.82) is 0 Å². The molecular formula is C20H18ClN5O3S. The molecule has 30 heavy (non-hydrogen) atoms. The van der Waals surface area contributed by atoms with Gasteiger partial charge in [-0.2, -0.15) is 0 Å². The zero-order valence-electron chi connectivity index (χ0n) is 16.1. The second-order valence-electron chi connectivity index (χ2n) is 7.20. The Kier molecular flexibility index (Phi) is 4.97. The summed E-state index contributed by atoms with van der Waals surface area (Å²) in [6.07, 6.45) is 1.60. The molecule has 8 nitrogen and oxygen atoms in total. The van der Waals surface area contributed by atoms with Gasteiger partial charge in [-0.25, -0.2) is 18.1 Å². The Labute approximate surface area is 178 Å². The van der Waals surface area contributed by atoms with Gasteiger partial charge in [-0.05, 0) is 61.9 Å². The molecule has 4 aromatic rings. The molecule has 10 heteroatoms. The van der Waals surface area contributed by atoms with Crippen molar-refractivity contribution in [2.75, 3.05) is 4.72 Å². The molecule has 0 aliphatic rings. The lowest BCUT2D eigenvalue weighted by Crippen LogP contribution is -2.17. The van der Waals surface area contributed by atoms with E-state index in [1.807, 2.05) is 0 Å². The van der Waals surface area contributed by atoms with Crippen molar-refractivity contribution >= 4 is 38.5 Å². The van der Waals surface area contributed by atoms with Crippen molar-refractivity contribution in [3.63, 3.8) is 0 Å². The maximum Gasteiger partial charge on any atom is 0.261 e. The standard InChI is InChI=1S/C20H18ClN5O3S/c1-20(2,27)13-5-8-15(9-6-13)30(28,29)24-16-10-7-14(21)12-18(16)26-17-4-3-11-22-19(17)23-25-26/h3-12,24,27H,1-2H3. The van der Waals surface area contributed by atoms with Crippen LogP contribution >= 0.6 is 11.6 Å². The minimum atomic E-state index is -3.91. The van der Waals surface area contributed by atoms with Crippen LogP contribution in [0.2, 0.25) is 5.02 Å². The molecule has 0 bridgehead atoms. The molecule has 2 N–H and O–H groups in total. The molecular weight excluding hydrogens is 426 g/mol. The minimum absolute atomic E-state index is 0.0570. The van der Waals surface area contributed by atoms with Crippen molar-refractivity contribution < 1.29 is 13.5 Å². The van der Waals surface area contributed by atoms with E-state index in [1.165, 1.54) is 16.8 Å². The van der Waals surface area contributed by atoms with E-state index >= 15 is 0 Å². The highest BCUT2D eigenvalue weighted by Crippen LogP contribution is 2.29. The largest absolute Gasteiger partial charge is 0.386 e. The van der Waals surface area contributed by atoms with Gasteiger partial charge in [0.2, 0.25) is 5.65 Å². The number of nitrogens with one attached hydrogen (secondary N) is 1. The van der Waals surface area contributed by atoms with Crippen LogP contribution in [0.3, 0.4) is 0 Å². The average molecular weight is 444 g/mol. The van der Waals surface area contributed by atoms with Crippen LogP contribution in [0.4, 0.5) is 5.69 Å². The first-order valence-corrected chi connectivity index (χ1v) is 10.8. The summed E-state index contributed by atoms with van der Waals surface area (Å²) in [5.41, 5.74) is 1.26. The fourth-order valence-corrected chi connectivity index (χ4v) is 4.20. The Bertz CT molecular complexity index is 1330. The summed E-state index contributed by atoms with van der Waals surface area (Å²) in [4.78, 5) is 4.20. The van der Waals surface area contributed by atoms with Crippen molar-refractivity contribution in [3.8, 4) is 5.69 Å². The fourth-order valence-electron chi connectivity index (χ4n) is 2.96. The fraction of sp³-hybridized carbons (Fsp3) is 0.150. The molecule has 154 valence electrons. The molecule has 2 aromatic heterocycles. The van der Waals surface area contributed by atoms with E-state index in [9.17, 15) is 13.5 Å². The van der Waals surface area contributed by atoms with Crippen LogP contribution in [-0.4, -0.2) is 33.5 Å². The predicted octanol–water partition coefficient (Wildman–Crippen LogP) is 3.50. The van der Waals surface area contributed by atoms with Gasteiger partial charge >= 0.3 is 0 Å². The molecule has 0 radical (unpaired) electrons. The molecule has 0 saturated carbocycles. The molecule has 0 aliphatic carbocycles. The number of fused-ring (bicyclic) bond motifs is 1. The highest BCUT2D eigenvalue weighted by molar-refractivity contribution is 7.92. The number of hydrogen-bond acceptors (Lipinski definition) is 6. The first-order chi connectivity index (χ1) is 14.1. The third-order valence-corrected chi connectivity index (χ3v) is 6.14. The summed E-state index contributed by atoms with van der Waals surface area (Å²) in [5.74, 6) is 0. The van der Waals surface area contributed by atoms with Crippen LogP contribution in [0.15, 0.2) is 65.7 Å². The van der Waals surface area contributed by atoms with E-state index in [4.69, 9.17) is 11.6 Å². The molecule has 0 atom stereocenters. The van der Waals surface area contributed by atoms with Crippen LogP contribution in [0.25, 0.3) is 16.9 Å². The van der Waals surface area contributed by atoms with Gasteiger partial charge in [-0.15, -0.1) is 5.10 Å². The lowest BCUT2D eigenvalue weighted by atomic mass is 9.99. The van der Waals surface area contributed by atoms with Crippen molar-refractivity contribution in [1.82, 2.24) is 20.0 Å². The van der Waals surface area contributed by atoms with Crippen LogP contribution < -0.4 is 4.72 Å². The maximum absolute atomic E-state index is 13.0. The highest BCUT2D eigenvalue weighted by atomic mass is 35.5. The number of hydrogen-bond donors (Lipinski definition) is 2. The third-order valence-electron chi connectivity index (χ3n) is 4.53. The summed E-state index contributed by atoms with van der Waals surface area (Å²) < 4.78 is 30.0. The number of anilines is 1. The molecule has 2 aromatic carbocycles.